The molecule has 19 heavy (non-hydrogen) atoms. The summed E-state index contributed by atoms with van der Waals surface area (Å²) >= 11 is 0. The van der Waals surface area contributed by atoms with Crippen LogP contribution in [0.5, 0.6) is 23.0 Å². The van der Waals surface area contributed by atoms with Gasteiger partial charge in [-0.3, -0.25) is 4.79 Å². The summed E-state index contributed by atoms with van der Waals surface area (Å²) in [6, 6.07) is 1.57. The van der Waals surface area contributed by atoms with Crippen LogP contribution in [0.15, 0.2) is 6.07 Å². The van der Waals surface area contributed by atoms with Gasteiger partial charge >= 0.3 is 0 Å². The smallest absolute Gasteiger partial charge is 0.204 e. The van der Waals surface area contributed by atoms with Crippen molar-refractivity contribution in [3.05, 3.63) is 11.6 Å². The monoisotopic (exact) mass is 270 g/mol. The molecule has 0 aliphatic carbocycles. The average Bonchev–Trinajstić information content (AvgIpc) is 2.44. The van der Waals surface area contributed by atoms with Crippen LogP contribution in [-0.4, -0.2) is 47.9 Å². The van der Waals surface area contributed by atoms with E-state index in [-0.39, 0.29) is 23.7 Å². The zero-order valence-electron chi connectivity index (χ0n) is 11.7. The number of carbonyl (C=O) groups is 1. The molecule has 0 aliphatic rings. The Kier molecular flexibility index (Phi) is 5.44. The molecule has 0 heterocycles. The van der Waals surface area contributed by atoms with Gasteiger partial charge in [-0.1, -0.05) is 0 Å². The second kappa shape index (κ2) is 6.84. The van der Waals surface area contributed by atoms with Gasteiger partial charge in [-0.05, 0) is 0 Å². The molecule has 0 fully saturated rings. The summed E-state index contributed by atoms with van der Waals surface area (Å²) < 4.78 is 25.7. The SMILES string of the molecule is COCC(=O)c1c(OC)cc(OC)c(OC)c1OC. The zero-order chi connectivity index (χ0) is 14.4. The summed E-state index contributed by atoms with van der Waals surface area (Å²) in [7, 11) is 7.31. The van der Waals surface area contributed by atoms with Crippen molar-refractivity contribution in [1.82, 2.24) is 0 Å². The standard InChI is InChI=1S/C13H18O6/c1-15-7-8(14)11-9(16-2)6-10(17-3)12(18-4)13(11)19-5/h6H,7H2,1-5H3. The van der Waals surface area contributed by atoms with Crippen molar-refractivity contribution >= 4 is 5.78 Å². The molecule has 0 N–H and O–H groups in total. The topological polar surface area (TPSA) is 63.2 Å². The number of carbonyl (C=O) groups excluding carboxylic acids is 1. The first-order valence-corrected chi connectivity index (χ1v) is 5.53. The normalized spacial score (nSPS) is 9.95. The third kappa shape index (κ3) is 2.90. The van der Waals surface area contributed by atoms with Gasteiger partial charge in [0.05, 0.1) is 28.4 Å². The van der Waals surface area contributed by atoms with Gasteiger partial charge in [0.15, 0.2) is 17.3 Å². The van der Waals surface area contributed by atoms with Gasteiger partial charge in [0.25, 0.3) is 0 Å². The average molecular weight is 270 g/mol. The molecule has 1 aromatic carbocycles. The van der Waals surface area contributed by atoms with Crippen molar-refractivity contribution in [2.45, 2.75) is 0 Å². The number of methoxy groups -OCH3 is 5. The quantitative estimate of drug-likeness (QED) is 0.700. The van der Waals surface area contributed by atoms with E-state index in [1.807, 2.05) is 0 Å². The number of hydrogen-bond donors (Lipinski definition) is 0. The van der Waals surface area contributed by atoms with E-state index in [0.29, 0.717) is 17.2 Å². The Hall–Kier alpha value is -1.95. The minimum atomic E-state index is -0.267. The van der Waals surface area contributed by atoms with Gasteiger partial charge in [-0.15, -0.1) is 0 Å². The number of rotatable bonds is 7. The van der Waals surface area contributed by atoms with Crippen LogP contribution in [-0.2, 0) is 4.74 Å². The molecule has 0 amide bonds. The van der Waals surface area contributed by atoms with Gasteiger partial charge in [0.1, 0.15) is 17.9 Å². The van der Waals surface area contributed by atoms with Gasteiger partial charge in [-0.2, -0.15) is 0 Å². The molecule has 106 valence electrons. The molecule has 0 spiro atoms. The second-order valence-corrected chi connectivity index (χ2v) is 3.58. The minimum Gasteiger partial charge on any atom is -0.496 e. The lowest BCUT2D eigenvalue weighted by molar-refractivity contribution is 0.0841. The molecule has 0 radical (unpaired) electrons. The van der Waals surface area contributed by atoms with Gasteiger partial charge < -0.3 is 23.7 Å². The molecule has 0 saturated heterocycles. The first-order chi connectivity index (χ1) is 9.14. The number of ketones is 1. The molecule has 1 aromatic rings. The van der Waals surface area contributed by atoms with Crippen LogP contribution in [0.4, 0.5) is 0 Å². The number of ether oxygens (including phenoxy) is 5. The van der Waals surface area contributed by atoms with Crippen molar-refractivity contribution in [3.8, 4) is 23.0 Å². The number of Topliss-reactive ketones (excluding diaryl/α,β-unsaturated/α-hetero) is 1. The summed E-state index contributed by atoms with van der Waals surface area (Å²) in [5, 5.41) is 0. The molecule has 6 nitrogen and oxygen atoms in total. The first-order valence-electron chi connectivity index (χ1n) is 5.53. The maximum Gasteiger partial charge on any atom is 0.204 e. The van der Waals surface area contributed by atoms with Crippen molar-refractivity contribution in [2.24, 2.45) is 0 Å². The Labute approximate surface area is 112 Å². The summed E-state index contributed by atoms with van der Waals surface area (Å²) in [5.41, 5.74) is 0.268. The Morgan fingerprint density at radius 1 is 0.895 bits per heavy atom. The summed E-state index contributed by atoms with van der Waals surface area (Å²) in [4.78, 5) is 12.1. The fourth-order valence-corrected chi connectivity index (χ4v) is 1.76. The molecule has 0 atom stereocenters. The van der Waals surface area contributed by atoms with Crippen LogP contribution in [0.3, 0.4) is 0 Å². The van der Waals surface area contributed by atoms with E-state index in [0.717, 1.165) is 0 Å². The third-order valence-electron chi connectivity index (χ3n) is 2.57. The Bertz CT molecular complexity index is 455. The fourth-order valence-electron chi connectivity index (χ4n) is 1.76. The molecule has 0 bridgehead atoms. The van der Waals surface area contributed by atoms with Crippen LogP contribution >= 0.6 is 0 Å². The predicted molar refractivity (Wildman–Crippen MR) is 68.9 cm³/mol. The predicted octanol–water partition coefficient (Wildman–Crippen LogP) is 1.55. The van der Waals surface area contributed by atoms with Crippen LogP contribution in [0.25, 0.3) is 0 Å². The Morgan fingerprint density at radius 2 is 1.47 bits per heavy atom. The third-order valence-corrected chi connectivity index (χ3v) is 2.57. The van der Waals surface area contributed by atoms with E-state index in [1.54, 1.807) is 6.07 Å². The molecule has 1 rings (SSSR count). The Morgan fingerprint density at radius 3 is 1.89 bits per heavy atom. The van der Waals surface area contributed by atoms with Crippen LogP contribution in [0.2, 0.25) is 0 Å². The molecule has 0 aromatic heterocycles. The summed E-state index contributed by atoms with van der Waals surface area (Å²) in [5.74, 6) is 1.10. The van der Waals surface area contributed by atoms with Gasteiger partial charge in [-0.25, -0.2) is 0 Å². The lowest BCUT2D eigenvalue weighted by Crippen LogP contribution is -2.12. The van der Waals surface area contributed by atoms with Crippen molar-refractivity contribution in [2.75, 3.05) is 42.2 Å². The van der Waals surface area contributed by atoms with Crippen LogP contribution in [0, 0.1) is 0 Å². The molecular formula is C13H18O6. The van der Waals surface area contributed by atoms with Crippen LogP contribution < -0.4 is 18.9 Å². The maximum absolute atomic E-state index is 12.1. The van der Waals surface area contributed by atoms with Gasteiger partial charge in [0, 0.05) is 13.2 Å². The minimum absolute atomic E-state index is 0.0811. The van der Waals surface area contributed by atoms with E-state index in [4.69, 9.17) is 23.7 Å². The highest BCUT2D eigenvalue weighted by Crippen LogP contribution is 2.45. The van der Waals surface area contributed by atoms with Crippen molar-refractivity contribution in [1.29, 1.82) is 0 Å². The molecular weight excluding hydrogens is 252 g/mol. The zero-order valence-corrected chi connectivity index (χ0v) is 11.7. The van der Waals surface area contributed by atoms with E-state index in [9.17, 15) is 4.79 Å². The second-order valence-electron chi connectivity index (χ2n) is 3.58. The summed E-state index contributed by atoms with van der Waals surface area (Å²) in [6.45, 7) is -0.0811. The van der Waals surface area contributed by atoms with Crippen LogP contribution in [0.1, 0.15) is 10.4 Å². The highest BCUT2D eigenvalue weighted by Gasteiger charge is 2.25. The van der Waals surface area contributed by atoms with Crippen molar-refractivity contribution in [3.63, 3.8) is 0 Å². The Balaban J connectivity index is 3.53. The van der Waals surface area contributed by atoms with E-state index in [2.05, 4.69) is 0 Å². The molecule has 0 unspecified atom stereocenters. The van der Waals surface area contributed by atoms with Gasteiger partial charge in [0.2, 0.25) is 5.75 Å². The maximum atomic E-state index is 12.1. The number of hydrogen-bond acceptors (Lipinski definition) is 6. The fraction of sp³-hybridized carbons (Fsp3) is 0.462. The first kappa shape index (κ1) is 15.1. The summed E-state index contributed by atoms with van der Waals surface area (Å²) in [6.07, 6.45) is 0. The number of benzene rings is 1. The van der Waals surface area contributed by atoms with Crippen molar-refractivity contribution < 1.29 is 28.5 Å². The molecule has 0 saturated carbocycles. The lowest BCUT2D eigenvalue weighted by Gasteiger charge is -2.18. The van der Waals surface area contributed by atoms with E-state index < -0.39 is 0 Å². The molecule has 0 aliphatic heterocycles. The highest BCUT2D eigenvalue weighted by molar-refractivity contribution is 6.03. The largest absolute Gasteiger partial charge is 0.496 e. The van der Waals surface area contributed by atoms with E-state index in [1.165, 1.54) is 35.5 Å². The lowest BCUT2D eigenvalue weighted by atomic mass is 10.1. The van der Waals surface area contributed by atoms with E-state index >= 15 is 0 Å². The molecule has 6 heteroatoms. The highest BCUT2D eigenvalue weighted by atomic mass is 16.5.